The van der Waals surface area contributed by atoms with Crippen LogP contribution >= 0.6 is 0 Å². The van der Waals surface area contributed by atoms with Gasteiger partial charge >= 0.3 is 0 Å². The number of hydrogen-bond donors (Lipinski definition) is 1. The Morgan fingerprint density at radius 1 is 0.544 bits per heavy atom. The van der Waals surface area contributed by atoms with Gasteiger partial charge in [-0.2, -0.15) is 0 Å². The molecule has 4 aromatic heterocycles. The molecule has 380 valence electrons. The molecule has 79 heavy (non-hydrogen) atoms. The number of nitrogens with zero attached hydrogens (tertiary/aromatic N) is 3. The molecule has 0 bridgehead atoms. The Bertz CT molecular complexity index is 4460. The lowest BCUT2D eigenvalue weighted by atomic mass is 9.35. The summed E-state index contributed by atoms with van der Waals surface area (Å²) < 4.78 is 36.0. The standard InChI is InChI=1S/C69H51BN4O5/c1-42-18-8-12-28-55(42)73(41-72-46-21-16-22-47(39-46)75-48-32-33-52-51-23-9-13-29-56(51)74(57(52)40-48)62-38-45(34-35-71-62)69(2,3)4)66-49(43-19-6-5-7-20-43)26-17-27-50(66)44-36-60-65-61(37-44)79-68-64(54-25-11-15-31-59(54)77-68)70(65)63-53-24-10-14-30-58(53)76-67(63)78-60/h5-40,72H,41H2,1-4H3. The van der Waals surface area contributed by atoms with Gasteiger partial charge in [0.25, 0.3) is 18.6 Å². The molecule has 9 nitrogen and oxygen atoms in total. The van der Waals surface area contributed by atoms with E-state index < -0.39 is 0 Å². The first kappa shape index (κ1) is 46.4. The maximum Gasteiger partial charge on any atom is 0.285 e. The lowest BCUT2D eigenvalue weighted by molar-refractivity contribution is 0.350. The van der Waals surface area contributed by atoms with Crippen LogP contribution in [0.5, 0.6) is 34.9 Å². The SMILES string of the molecule is Cc1ccccc1N(CNc1cccc(Oc2ccc3c4ccccc4n(-c4cc(C(C)(C)C)ccn4)c3c2)c1)c1c(-c2ccccc2)cccc1-c1cc2c3c(c1)Oc1oc4ccccc4c1B3c1c(oc3ccccc13)O2. The number of aryl methyl sites for hydroxylation is 1. The predicted molar refractivity (Wildman–Crippen MR) is 320 cm³/mol. The van der Waals surface area contributed by atoms with Crippen molar-refractivity contribution in [2.75, 3.05) is 16.9 Å². The van der Waals surface area contributed by atoms with Crippen molar-refractivity contribution in [2.45, 2.75) is 33.1 Å². The summed E-state index contributed by atoms with van der Waals surface area (Å²) in [4.78, 5) is 7.28. The summed E-state index contributed by atoms with van der Waals surface area (Å²) >= 11 is 0. The van der Waals surface area contributed by atoms with Crippen LogP contribution in [0.15, 0.2) is 227 Å². The first-order chi connectivity index (χ1) is 38.7. The molecule has 10 heteroatoms. The highest BCUT2D eigenvalue weighted by Gasteiger charge is 2.46. The summed E-state index contributed by atoms with van der Waals surface area (Å²) in [5.74, 6) is 4.57. The second kappa shape index (κ2) is 18.1. The molecule has 15 rings (SSSR count). The highest BCUT2D eigenvalue weighted by atomic mass is 16.6. The lowest BCUT2D eigenvalue weighted by Gasteiger charge is -2.33. The third-order valence-electron chi connectivity index (χ3n) is 15.7. The van der Waals surface area contributed by atoms with E-state index in [1.807, 2.05) is 54.7 Å². The number of aromatic nitrogens is 2. The number of nitrogens with one attached hydrogen (secondary N) is 1. The summed E-state index contributed by atoms with van der Waals surface area (Å²) in [5.41, 5.74) is 15.7. The van der Waals surface area contributed by atoms with Crippen molar-refractivity contribution in [3.8, 4) is 63.0 Å². The Balaban J connectivity index is 0.827. The van der Waals surface area contributed by atoms with Crippen LogP contribution in [0.25, 0.3) is 71.8 Å². The van der Waals surface area contributed by atoms with Crippen LogP contribution in [0.3, 0.4) is 0 Å². The average molecular weight is 1030 g/mol. The van der Waals surface area contributed by atoms with E-state index in [2.05, 4.69) is 206 Å². The van der Waals surface area contributed by atoms with Gasteiger partial charge < -0.3 is 33.3 Å². The van der Waals surface area contributed by atoms with Crippen LogP contribution in [-0.4, -0.2) is 22.9 Å². The van der Waals surface area contributed by atoms with Crippen molar-refractivity contribution in [1.29, 1.82) is 0 Å². The average Bonchev–Trinajstić information content (AvgIpc) is 4.35. The molecular formula is C69H51BN4O5. The molecule has 6 heterocycles. The number of hydrogen-bond acceptors (Lipinski definition) is 8. The number of pyridine rings is 1. The Hall–Kier alpha value is -9.93. The van der Waals surface area contributed by atoms with E-state index in [4.69, 9.17) is 28.0 Å². The van der Waals surface area contributed by atoms with E-state index in [1.54, 1.807) is 0 Å². The fourth-order valence-electron chi connectivity index (χ4n) is 11.9. The molecule has 13 aromatic rings. The molecule has 0 saturated carbocycles. The number of para-hydroxylation sites is 5. The molecule has 0 amide bonds. The van der Waals surface area contributed by atoms with Gasteiger partial charge in [0.2, 0.25) is 0 Å². The van der Waals surface area contributed by atoms with E-state index in [0.29, 0.717) is 35.8 Å². The van der Waals surface area contributed by atoms with Crippen molar-refractivity contribution >= 4 is 83.9 Å². The molecular weight excluding hydrogens is 976 g/mol. The van der Waals surface area contributed by atoms with Crippen LogP contribution in [0, 0.1) is 6.92 Å². The van der Waals surface area contributed by atoms with Gasteiger partial charge in [0, 0.05) is 78.8 Å². The quantitative estimate of drug-likeness (QED) is 0.107. The van der Waals surface area contributed by atoms with E-state index in [1.165, 1.54) is 5.56 Å². The molecule has 0 radical (unpaired) electrons. The van der Waals surface area contributed by atoms with Crippen LogP contribution in [0.4, 0.5) is 17.1 Å². The third kappa shape index (κ3) is 7.73. The van der Waals surface area contributed by atoms with Crippen LogP contribution in [0.1, 0.15) is 31.9 Å². The number of anilines is 3. The van der Waals surface area contributed by atoms with Crippen molar-refractivity contribution < 1.29 is 23.0 Å². The molecule has 0 saturated heterocycles. The van der Waals surface area contributed by atoms with Gasteiger partial charge in [-0.05, 0) is 107 Å². The van der Waals surface area contributed by atoms with Gasteiger partial charge in [0.05, 0.1) is 23.4 Å². The molecule has 2 aliphatic rings. The number of fused-ring (bicyclic) bond motifs is 11. The topological polar surface area (TPSA) is 87.1 Å². The van der Waals surface area contributed by atoms with E-state index in [0.717, 1.165) is 117 Å². The first-order valence-electron chi connectivity index (χ1n) is 26.8. The fraction of sp³-hybridized carbons (Fsp3) is 0.0870. The zero-order valence-corrected chi connectivity index (χ0v) is 44.0. The number of benzene rings is 9. The first-order valence-corrected chi connectivity index (χ1v) is 26.8. The zero-order valence-electron chi connectivity index (χ0n) is 44.0. The smallest absolute Gasteiger partial charge is 0.285 e. The van der Waals surface area contributed by atoms with Crippen LogP contribution < -0.4 is 40.8 Å². The zero-order chi connectivity index (χ0) is 52.9. The van der Waals surface area contributed by atoms with E-state index in [9.17, 15) is 0 Å². The molecule has 0 fully saturated rings. The summed E-state index contributed by atoms with van der Waals surface area (Å²) in [6, 6.07) is 73.5. The minimum atomic E-state index is -0.260. The largest absolute Gasteiger partial charge is 0.457 e. The molecule has 0 spiro atoms. The van der Waals surface area contributed by atoms with Gasteiger partial charge in [0.15, 0.2) is 0 Å². The molecule has 1 N–H and O–H groups in total. The van der Waals surface area contributed by atoms with Gasteiger partial charge in [-0.15, -0.1) is 0 Å². The highest BCUT2D eigenvalue weighted by Crippen LogP contribution is 2.48. The molecule has 2 aliphatic heterocycles. The number of rotatable bonds is 10. The molecule has 0 unspecified atom stereocenters. The maximum absolute atomic E-state index is 6.91. The summed E-state index contributed by atoms with van der Waals surface area (Å²) in [7, 11) is 0. The minimum absolute atomic E-state index is 0.0357. The minimum Gasteiger partial charge on any atom is -0.457 e. The monoisotopic (exact) mass is 1030 g/mol. The Morgan fingerprint density at radius 2 is 1.16 bits per heavy atom. The van der Waals surface area contributed by atoms with Crippen LogP contribution in [-0.2, 0) is 5.41 Å². The highest BCUT2D eigenvalue weighted by molar-refractivity contribution is 7.00. The number of ether oxygens (including phenoxy) is 3. The van der Waals surface area contributed by atoms with Gasteiger partial charge in [-0.25, -0.2) is 4.98 Å². The second-order valence-corrected chi connectivity index (χ2v) is 21.6. The van der Waals surface area contributed by atoms with E-state index in [-0.39, 0.29) is 12.1 Å². The van der Waals surface area contributed by atoms with E-state index >= 15 is 0 Å². The summed E-state index contributed by atoms with van der Waals surface area (Å²) in [6.45, 7) is 9.00. The van der Waals surface area contributed by atoms with Crippen molar-refractivity contribution in [2.24, 2.45) is 0 Å². The van der Waals surface area contributed by atoms with Crippen LogP contribution in [0.2, 0.25) is 0 Å². The normalized spacial score (nSPS) is 12.5. The van der Waals surface area contributed by atoms with Crippen molar-refractivity contribution in [3.05, 3.63) is 230 Å². The molecule has 0 atom stereocenters. The molecule has 0 aliphatic carbocycles. The summed E-state index contributed by atoms with van der Waals surface area (Å²) in [5, 5.41) is 8.12. The van der Waals surface area contributed by atoms with Crippen molar-refractivity contribution in [1.82, 2.24) is 9.55 Å². The Morgan fingerprint density at radius 3 is 1.89 bits per heavy atom. The van der Waals surface area contributed by atoms with Crippen molar-refractivity contribution in [3.63, 3.8) is 0 Å². The maximum atomic E-state index is 6.91. The Kier molecular flexibility index (Phi) is 10.6. The number of furan rings is 2. The lowest BCUT2D eigenvalue weighted by Crippen LogP contribution is -2.56. The summed E-state index contributed by atoms with van der Waals surface area (Å²) in [6.07, 6.45) is 1.91. The predicted octanol–water partition coefficient (Wildman–Crippen LogP) is 16.3. The van der Waals surface area contributed by atoms with Gasteiger partial charge in [-0.1, -0.05) is 148 Å². The Labute approximate surface area is 456 Å². The second-order valence-electron chi connectivity index (χ2n) is 21.6. The molecule has 9 aromatic carbocycles. The van der Waals surface area contributed by atoms with Gasteiger partial charge in [-0.3, -0.25) is 4.57 Å². The third-order valence-corrected chi connectivity index (χ3v) is 15.7. The van der Waals surface area contributed by atoms with Gasteiger partial charge in [0.1, 0.15) is 40.0 Å². The fourth-order valence-corrected chi connectivity index (χ4v) is 11.9.